The summed E-state index contributed by atoms with van der Waals surface area (Å²) in [7, 11) is 0. The zero-order chi connectivity index (χ0) is 19.9. The number of piperidine rings is 1. The van der Waals surface area contributed by atoms with Crippen LogP contribution >= 0.6 is 0 Å². The highest BCUT2D eigenvalue weighted by atomic mass is 16.5. The summed E-state index contributed by atoms with van der Waals surface area (Å²) >= 11 is 0. The van der Waals surface area contributed by atoms with Gasteiger partial charge in [-0.15, -0.1) is 0 Å². The molecule has 2 fully saturated rings. The minimum absolute atomic E-state index is 0.0502. The number of nitrogens with one attached hydrogen (secondary N) is 1. The van der Waals surface area contributed by atoms with Crippen molar-refractivity contribution in [1.29, 1.82) is 0 Å². The summed E-state index contributed by atoms with van der Waals surface area (Å²) in [5.74, 6) is 1.38. The maximum atomic E-state index is 12.9. The molecule has 2 saturated heterocycles. The third kappa shape index (κ3) is 5.19. The molecule has 0 unspecified atom stereocenters. The summed E-state index contributed by atoms with van der Waals surface area (Å²) in [4.78, 5) is 15.4. The normalized spacial score (nSPS) is 21.0. The number of likely N-dealkylation sites (tertiary alicyclic amines) is 1. The molecule has 6 nitrogen and oxygen atoms in total. The molecular formula is C23H30N2O4. The number of ether oxygens (including phenoxy) is 2. The van der Waals surface area contributed by atoms with Crippen molar-refractivity contribution in [1.82, 2.24) is 10.2 Å². The van der Waals surface area contributed by atoms with Gasteiger partial charge in [-0.05, 0) is 63.0 Å². The molecule has 0 bridgehead atoms. The average Bonchev–Trinajstić information content (AvgIpc) is 3.48. The van der Waals surface area contributed by atoms with Gasteiger partial charge in [0, 0.05) is 13.2 Å². The van der Waals surface area contributed by atoms with E-state index in [1.165, 1.54) is 19.3 Å². The molecule has 3 heterocycles. The van der Waals surface area contributed by atoms with Crippen LogP contribution in [0.4, 0.5) is 0 Å². The van der Waals surface area contributed by atoms with Gasteiger partial charge in [-0.1, -0.05) is 18.6 Å². The molecule has 1 amide bonds. The van der Waals surface area contributed by atoms with Crippen LogP contribution in [0.5, 0.6) is 5.75 Å². The molecule has 2 aromatic rings. The van der Waals surface area contributed by atoms with Gasteiger partial charge in [0.05, 0.1) is 24.0 Å². The van der Waals surface area contributed by atoms with Gasteiger partial charge >= 0.3 is 0 Å². The number of benzene rings is 1. The van der Waals surface area contributed by atoms with Crippen LogP contribution in [0.2, 0.25) is 0 Å². The molecule has 1 N–H and O–H groups in total. The Bertz CT molecular complexity index is 765. The number of para-hydroxylation sites is 1. The first kappa shape index (κ1) is 20.0. The predicted molar refractivity (Wildman–Crippen MR) is 110 cm³/mol. The fourth-order valence-electron chi connectivity index (χ4n) is 4.14. The van der Waals surface area contributed by atoms with Crippen LogP contribution in [-0.2, 0) is 4.74 Å². The van der Waals surface area contributed by atoms with Gasteiger partial charge in [0.2, 0.25) is 0 Å². The number of carbonyl (C=O) groups excluding carboxylic acids is 1. The monoisotopic (exact) mass is 398 g/mol. The van der Waals surface area contributed by atoms with Gasteiger partial charge in [0.1, 0.15) is 18.1 Å². The molecule has 4 rings (SSSR count). The van der Waals surface area contributed by atoms with Crippen LogP contribution < -0.4 is 10.1 Å². The minimum atomic E-state index is -0.124. The molecule has 29 heavy (non-hydrogen) atoms. The van der Waals surface area contributed by atoms with Crippen molar-refractivity contribution in [3.63, 3.8) is 0 Å². The molecule has 156 valence electrons. The van der Waals surface area contributed by atoms with Crippen molar-refractivity contribution in [2.75, 3.05) is 32.8 Å². The van der Waals surface area contributed by atoms with Gasteiger partial charge in [-0.25, -0.2) is 0 Å². The summed E-state index contributed by atoms with van der Waals surface area (Å²) in [6.07, 6.45) is 7.53. The van der Waals surface area contributed by atoms with Crippen LogP contribution in [0, 0.1) is 0 Å². The Labute approximate surface area is 172 Å². The smallest absolute Gasteiger partial charge is 0.255 e. The first-order chi connectivity index (χ1) is 14.3. The summed E-state index contributed by atoms with van der Waals surface area (Å²) < 4.78 is 17.2. The van der Waals surface area contributed by atoms with Crippen molar-refractivity contribution in [2.45, 2.75) is 44.2 Å². The molecule has 2 atom stereocenters. The van der Waals surface area contributed by atoms with E-state index in [0.29, 0.717) is 24.5 Å². The standard InChI is InChI=1S/C23H30N2O4/c26-23(19-9-2-3-10-21(19)29-17-18-8-6-14-27-18)24-16-20(22-11-7-15-28-22)25-12-4-1-5-13-25/h2-3,7,9-11,15,18,20H,1,4-6,8,12-14,16-17H2,(H,24,26)/t18-,20-/m1/s1. The fourth-order valence-corrected chi connectivity index (χ4v) is 4.14. The largest absolute Gasteiger partial charge is 0.490 e. The highest BCUT2D eigenvalue weighted by Gasteiger charge is 2.25. The lowest BCUT2D eigenvalue weighted by Gasteiger charge is -2.33. The Morgan fingerprint density at radius 1 is 1.14 bits per heavy atom. The second-order valence-corrected chi connectivity index (χ2v) is 7.78. The van der Waals surface area contributed by atoms with Crippen LogP contribution in [0.15, 0.2) is 47.1 Å². The molecular weight excluding hydrogens is 368 g/mol. The quantitative estimate of drug-likeness (QED) is 0.733. The topological polar surface area (TPSA) is 63.9 Å². The van der Waals surface area contributed by atoms with E-state index < -0.39 is 0 Å². The Hall–Kier alpha value is -2.31. The summed E-state index contributed by atoms with van der Waals surface area (Å²) in [5, 5.41) is 3.10. The number of furan rings is 1. The first-order valence-corrected chi connectivity index (χ1v) is 10.7. The molecule has 2 aliphatic rings. The van der Waals surface area contributed by atoms with Crippen LogP contribution in [0.25, 0.3) is 0 Å². The Balaban J connectivity index is 1.40. The molecule has 2 aliphatic heterocycles. The lowest BCUT2D eigenvalue weighted by Crippen LogP contribution is -2.40. The Kier molecular flexibility index (Phi) is 6.85. The van der Waals surface area contributed by atoms with Crippen molar-refractivity contribution < 1.29 is 18.7 Å². The number of carbonyl (C=O) groups is 1. The van der Waals surface area contributed by atoms with E-state index in [4.69, 9.17) is 13.9 Å². The van der Waals surface area contributed by atoms with Crippen molar-refractivity contribution in [3.8, 4) is 5.75 Å². The second kappa shape index (κ2) is 9.94. The van der Waals surface area contributed by atoms with Gasteiger partial charge in [0.15, 0.2) is 0 Å². The minimum Gasteiger partial charge on any atom is -0.490 e. The molecule has 0 aliphatic carbocycles. The maximum absolute atomic E-state index is 12.9. The Morgan fingerprint density at radius 3 is 2.76 bits per heavy atom. The molecule has 1 aromatic heterocycles. The van der Waals surface area contributed by atoms with E-state index >= 15 is 0 Å². The van der Waals surface area contributed by atoms with Crippen LogP contribution in [0.3, 0.4) is 0 Å². The molecule has 0 radical (unpaired) electrons. The number of rotatable bonds is 8. The van der Waals surface area contributed by atoms with Gasteiger partial charge in [0.25, 0.3) is 5.91 Å². The average molecular weight is 399 g/mol. The van der Waals surface area contributed by atoms with E-state index in [2.05, 4.69) is 10.2 Å². The van der Waals surface area contributed by atoms with E-state index in [1.54, 1.807) is 6.26 Å². The van der Waals surface area contributed by atoms with E-state index in [0.717, 1.165) is 38.3 Å². The van der Waals surface area contributed by atoms with E-state index in [1.807, 2.05) is 36.4 Å². The Morgan fingerprint density at radius 2 is 2.00 bits per heavy atom. The number of hydrogen-bond acceptors (Lipinski definition) is 5. The second-order valence-electron chi connectivity index (χ2n) is 7.78. The number of amides is 1. The zero-order valence-corrected chi connectivity index (χ0v) is 16.8. The SMILES string of the molecule is O=C(NC[C@H](c1ccco1)N1CCCCC1)c1ccccc1OC[C@H]1CCCO1. The molecule has 0 spiro atoms. The molecule has 1 aromatic carbocycles. The highest BCUT2D eigenvalue weighted by Crippen LogP contribution is 2.25. The van der Waals surface area contributed by atoms with Crippen LogP contribution in [-0.4, -0.2) is 49.8 Å². The number of nitrogens with zero attached hydrogens (tertiary/aromatic N) is 1. The summed E-state index contributed by atoms with van der Waals surface area (Å²) in [6, 6.07) is 11.4. The van der Waals surface area contributed by atoms with Crippen molar-refractivity contribution >= 4 is 5.91 Å². The third-order valence-electron chi connectivity index (χ3n) is 5.74. The van der Waals surface area contributed by atoms with Gasteiger partial charge < -0.3 is 19.2 Å². The fraction of sp³-hybridized carbons (Fsp3) is 0.522. The molecule has 0 saturated carbocycles. The number of hydrogen-bond donors (Lipinski definition) is 1. The lowest BCUT2D eigenvalue weighted by atomic mass is 10.1. The third-order valence-corrected chi connectivity index (χ3v) is 5.74. The zero-order valence-electron chi connectivity index (χ0n) is 16.8. The van der Waals surface area contributed by atoms with Crippen LogP contribution in [0.1, 0.15) is 54.3 Å². The van der Waals surface area contributed by atoms with E-state index in [-0.39, 0.29) is 18.1 Å². The maximum Gasteiger partial charge on any atom is 0.255 e. The predicted octanol–water partition coefficient (Wildman–Crippen LogP) is 3.79. The van der Waals surface area contributed by atoms with Crippen molar-refractivity contribution in [2.24, 2.45) is 0 Å². The summed E-state index contributed by atoms with van der Waals surface area (Å²) in [5.41, 5.74) is 0.558. The lowest BCUT2D eigenvalue weighted by molar-refractivity contribution is 0.0669. The molecule has 6 heteroatoms. The van der Waals surface area contributed by atoms with Gasteiger partial charge in [-0.3, -0.25) is 9.69 Å². The highest BCUT2D eigenvalue weighted by molar-refractivity contribution is 5.96. The van der Waals surface area contributed by atoms with Crippen molar-refractivity contribution in [3.05, 3.63) is 54.0 Å². The summed E-state index contributed by atoms with van der Waals surface area (Å²) in [6.45, 7) is 3.84. The van der Waals surface area contributed by atoms with E-state index in [9.17, 15) is 4.79 Å². The first-order valence-electron chi connectivity index (χ1n) is 10.7. The van der Waals surface area contributed by atoms with Gasteiger partial charge in [-0.2, -0.15) is 0 Å².